The van der Waals surface area contributed by atoms with Crippen LogP contribution in [0.25, 0.3) is 0 Å². The standard InChI is InChI=1S/C9H14N2O/c1-12-9-6-2-4-8(11-9)5-3-7-10/h2,4,6H,3,5,7,10H2,1H3. The minimum atomic E-state index is 0.671. The van der Waals surface area contributed by atoms with Crippen molar-refractivity contribution in [3.63, 3.8) is 0 Å². The minimum Gasteiger partial charge on any atom is -0.481 e. The van der Waals surface area contributed by atoms with Crippen LogP contribution in [0.2, 0.25) is 0 Å². The third-order valence-electron chi connectivity index (χ3n) is 1.63. The normalized spacial score (nSPS) is 9.83. The molecule has 3 nitrogen and oxygen atoms in total. The first-order valence-electron chi connectivity index (χ1n) is 4.07. The lowest BCUT2D eigenvalue weighted by molar-refractivity contribution is 0.396. The predicted octanol–water partition coefficient (Wildman–Crippen LogP) is 0.981. The van der Waals surface area contributed by atoms with Crippen LogP contribution in [-0.4, -0.2) is 18.6 Å². The third kappa shape index (κ3) is 2.51. The van der Waals surface area contributed by atoms with Crippen molar-refractivity contribution in [2.24, 2.45) is 5.73 Å². The highest BCUT2D eigenvalue weighted by atomic mass is 16.5. The summed E-state index contributed by atoms with van der Waals surface area (Å²) in [7, 11) is 1.62. The van der Waals surface area contributed by atoms with Crippen molar-refractivity contribution in [1.82, 2.24) is 4.98 Å². The number of hydrogen-bond acceptors (Lipinski definition) is 3. The van der Waals surface area contributed by atoms with Crippen molar-refractivity contribution in [2.75, 3.05) is 13.7 Å². The zero-order valence-electron chi connectivity index (χ0n) is 7.29. The molecule has 0 aliphatic carbocycles. The minimum absolute atomic E-state index is 0.671. The maximum absolute atomic E-state index is 5.39. The average Bonchev–Trinajstić information content (AvgIpc) is 2.15. The summed E-state index contributed by atoms with van der Waals surface area (Å²) in [4.78, 5) is 4.25. The van der Waals surface area contributed by atoms with Crippen LogP contribution < -0.4 is 10.5 Å². The van der Waals surface area contributed by atoms with Gasteiger partial charge in [-0.2, -0.15) is 0 Å². The summed E-state index contributed by atoms with van der Waals surface area (Å²) in [6, 6.07) is 5.77. The lowest BCUT2D eigenvalue weighted by Crippen LogP contribution is -2.01. The van der Waals surface area contributed by atoms with E-state index in [2.05, 4.69) is 4.98 Å². The summed E-state index contributed by atoms with van der Waals surface area (Å²) in [6.07, 6.45) is 1.90. The van der Waals surface area contributed by atoms with Crippen LogP contribution in [-0.2, 0) is 6.42 Å². The molecule has 0 fully saturated rings. The molecule has 0 radical (unpaired) electrons. The highest BCUT2D eigenvalue weighted by Crippen LogP contribution is 2.07. The molecule has 1 aromatic rings. The molecular weight excluding hydrogens is 152 g/mol. The van der Waals surface area contributed by atoms with Gasteiger partial charge >= 0.3 is 0 Å². The molecule has 1 rings (SSSR count). The van der Waals surface area contributed by atoms with Gasteiger partial charge in [-0.25, -0.2) is 4.98 Å². The second-order valence-corrected chi connectivity index (χ2v) is 2.56. The highest BCUT2D eigenvalue weighted by molar-refractivity contribution is 5.15. The van der Waals surface area contributed by atoms with Crippen molar-refractivity contribution in [1.29, 1.82) is 0 Å². The predicted molar refractivity (Wildman–Crippen MR) is 48.2 cm³/mol. The maximum atomic E-state index is 5.39. The first-order valence-corrected chi connectivity index (χ1v) is 4.07. The van der Waals surface area contributed by atoms with E-state index in [0.717, 1.165) is 18.5 Å². The van der Waals surface area contributed by atoms with E-state index >= 15 is 0 Å². The van der Waals surface area contributed by atoms with Gasteiger partial charge in [0.05, 0.1) is 7.11 Å². The Morgan fingerprint density at radius 1 is 1.50 bits per heavy atom. The van der Waals surface area contributed by atoms with Gasteiger partial charge in [-0.05, 0) is 25.5 Å². The summed E-state index contributed by atoms with van der Waals surface area (Å²) in [6.45, 7) is 0.707. The smallest absolute Gasteiger partial charge is 0.213 e. The molecule has 12 heavy (non-hydrogen) atoms. The molecule has 2 N–H and O–H groups in total. The van der Waals surface area contributed by atoms with Gasteiger partial charge in [0, 0.05) is 11.8 Å². The molecular formula is C9H14N2O. The van der Waals surface area contributed by atoms with E-state index in [0.29, 0.717) is 12.4 Å². The van der Waals surface area contributed by atoms with Crippen LogP contribution >= 0.6 is 0 Å². The van der Waals surface area contributed by atoms with Crippen molar-refractivity contribution in [3.05, 3.63) is 23.9 Å². The Balaban J connectivity index is 2.60. The largest absolute Gasteiger partial charge is 0.481 e. The Labute approximate surface area is 72.6 Å². The second-order valence-electron chi connectivity index (χ2n) is 2.56. The number of hydrogen-bond donors (Lipinski definition) is 1. The van der Waals surface area contributed by atoms with Crippen molar-refractivity contribution < 1.29 is 4.74 Å². The molecule has 66 valence electrons. The number of nitrogens with zero attached hydrogens (tertiary/aromatic N) is 1. The van der Waals surface area contributed by atoms with Crippen LogP contribution in [0.4, 0.5) is 0 Å². The molecule has 0 aliphatic rings. The summed E-state index contributed by atoms with van der Waals surface area (Å²) >= 11 is 0. The number of ether oxygens (including phenoxy) is 1. The molecule has 0 amide bonds. The topological polar surface area (TPSA) is 48.1 Å². The van der Waals surface area contributed by atoms with Gasteiger partial charge < -0.3 is 10.5 Å². The van der Waals surface area contributed by atoms with Gasteiger partial charge in [0.2, 0.25) is 5.88 Å². The Hall–Kier alpha value is -1.09. The Morgan fingerprint density at radius 3 is 3.00 bits per heavy atom. The van der Waals surface area contributed by atoms with Gasteiger partial charge in [0.1, 0.15) is 0 Å². The molecule has 3 heteroatoms. The third-order valence-corrected chi connectivity index (χ3v) is 1.63. The molecule has 0 atom stereocenters. The van der Waals surface area contributed by atoms with E-state index in [9.17, 15) is 0 Å². The second kappa shape index (κ2) is 4.72. The SMILES string of the molecule is COc1cccc(CCCN)n1. The number of methoxy groups -OCH3 is 1. The molecule has 0 bridgehead atoms. The molecule has 0 aromatic carbocycles. The highest BCUT2D eigenvalue weighted by Gasteiger charge is 1.95. The number of nitrogens with two attached hydrogens (primary N) is 1. The summed E-state index contributed by atoms with van der Waals surface area (Å²) in [5.41, 5.74) is 6.43. The Kier molecular flexibility index (Phi) is 3.54. The quantitative estimate of drug-likeness (QED) is 0.725. The van der Waals surface area contributed by atoms with Gasteiger partial charge in [-0.1, -0.05) is 6.07 Å². The van der Waals surface area contributed by atoms with Crippen LogP contribution in [0.15, 0.2) is 18.2 Å². The first-order chi connectivity index (χ1) is 5.86. The van der Waals surface area contributed by atoms with Crippen LogP contribution in [0.1, 0.15) is 12.1 Å². The zero-order valence-corrected chi connectivity index (χ0v) is 7.29. The fraction of sp³-hybridized carbons (Fsp3) is 0.444. The average molecular weight is 166 g/mol. The van der Waals surface area contributed by atoms with Crippen molar-refractivity contribution >= 4 is 0 Å². The Morgan fingerprint density at radius 2 is 2.33 bits per heavy atom. The first kappa shape index (κ1) is 9.00. The fourth-order valence-corrected chi connectivity index (χ4v) is 0.994. The van der Waals surface area contributed by atoms with Crippen molar-refractivity contribution in [2.45, 2.75) is 12.8 Å². The van der Waals surface area contributed by atoms with Crippen LogP contribution in [0, 0.1) is 0 Å². The molecule has 1 heterocycles. The molecule has 0 saturated heterocycles. The molecule has 0 spiro atoms. The van der Waals surface area contributed by atoms with E-state index < -0.39 is 0 Å². The van der Waals surface area contributed by atoms with Crippen molar-refractivity contribution in [3.8, 4) is 5.88 Å². The van der Waals surface area contributed by atoms with E-state index in [1.165, 1.54) is 0 Å². The van der Waals surface area contributed by atoms with E-state index in [1.54, 1.807) is 7.11 Å². The molecule has 0 aliphatic heterocycles. The fourth-order valence-electron chi connectivity index (χ4n) is 0.994. The van der Waals surface area contributed by atoms with E-state index in [4.69, 9.17) is 10.5 Å². The number of aromatic nitrogens is 1. The monoisotopic (exact) mass is 166 g/mol. The van der Waals surface area contributed by atoms with Crippen LogP contribution in [0.5, 0.6) is 5.88 Å². The number of aryl methyl sites for hydroxylation is 1. The van der Waals surface area contributed by atoms with Gasteiger partial charge in [-0.15, -0.1) is 0 Å². The van der Waals surface area contributed by atoms with Gasteiger partial charge in [-0.3, -0.25) is 0 Å². The lowest BCUT2D eigenvalue weighted by Gasteiger charge is -2.01. The molecule has 1 aromatic heterocycles. The lowest BCUT2D eigenvalue weighted by atomic mass is 10.2. The Bertz CT molecular complexity index is 238. The van der Waals surface area contributed by atoms with Gasteiger partial charge in [0.25, 0.3) is 0 Å². The van der Waals surface area contributed by atoms with Gasteiger partial charge in [0.15, 0.2) is 0 Å². The van der Waals surface area contributed by atoms with E-state index in [-0.39, 0.29) is 0 Å². The number of rotatable bonds is 4. The zero-order chi connectivity index (χ0) is 8.81. The summed E-state index contributed by atoms with van der Waals surface area (Å²) < 4.78 is 4.99. The summed E-state index contributed by atoms with van der Waals surface area (Å²) in [5, 5.41) is 0. The maximum Gasteiger partial charge on any atom is 0.213 e. The van der Waals surface area contributed by atoms with Crippen LogP contribution in [0.3, 0.4) is 0 Å². The summed E-state index contributed by atoms with van der Waals surface area (Å²) in [5.74, 6) is 0.671. The van der Waals surface area contributed by atoms with E-state index in [1.807, 2.05) is 18.2 Å². The molecule has 0 saturated carbocycles. The molecule has 0 unspecified atom stereocenters. The number of pyridine rings is 1.